The van der Waals surface area contributed by atoms with Gasteiger partial charge in [0.05, 0.1) is 9.92 Å². The molecule has 0 unspecified atom stereocenters. The van der Waals surface area contributed by atoms with Gasteiger partial charge in [-0.05, 0) is 67.8 Å². The molecule has 0 radical (unpaired) electrons. The summed E-state index contributed by atoms with van der Waals surface area (Å²) >= 11 is 6.21. The van der Waals surface area contributed by atoms with Gasteiger partial charge in [0.2, 0.25) is 0 Å². The molecule has 3 aromatic rings. The van der Waals surface area contributed by atoms with Crippen molar-refractivity contribution in [1.29, 1.82) is 0 Å². The third-order valence-corrected chi connectivity index (χ3v) is 6.61. The molecule has 1 amide bonds. The molecule has 0 aliphatic heterocycles. The summed E-state index contributed by atoms with van der Waals surface area (Å²) in [6, 6.07) is 18.8. The van der Waals surface area contributed by atoms with Gasteiger partial charge in [-0.15, -0.1) is 0 Å². The molecule has 0 heterocycles. The normalized spacial score (nSPS) is 11.1. The van der Waals surface area contributed by atoms with Gasteiger partial charge in [0.25, 0.3) is 15.9 Å². The number of halogens is 1. The number of unbranched alkanes of at least 4 members (excludes halogenated alkanes) is 1. The minimum absolute atomic E-state index is 0.00645. The van der Waals surface area contributed by atoms with Gasteiger partial charge in [-0.2, -0.15) is 0 Å². The molecule has 0 bridgehead atoms. The predicted octanol–water partition coefficient (Wildman–Crippen LogP) is 5.81. The lowest BCUT2D eigenvalue weighted by Gasteiger charge is -2.12. The molecule has 8 heteroatoms. The smallest absolute Gasteiger partial charge is 0.262 e. The number of carbonyl (C=O) groups is 1. The Morgan fingerprint density at radius 1 is 0.970 bits per heavy atom. The van der Waals surface area contributed by atoms with Crippen LogP contribution in [-0.4, -0.2) is 20.9 Å². The Balaban J connectivity index is 1.57. The maximum atomic E-state index is 12.6. The van der Waals surface area contributed by atoms with Crippen molar-refractivity contribution in [2.45, 2.75) is 38.0 Å². The highest BCUT2D eigenvalue weighted by atomic mass is 35.5. The Kier molecular flexibility index (Phi) is 8.36. The van der Waals surface area contributed by atoms with E-state index >= 15 is 0 Å². The van der Waals surface area contributed by atoms with Gasteiger partial charge in [0.15, 0.2) is 6.61 Å². The predicted molar refractivity (Wildman–Crippen MR) is 133 cm³/mol. The second kappa shape index (κ2) is 11.2. The number of aryl methyl sites for hydroxylation is 2. The fourth-order valence-corrected chi connectivity index (χ4v) is 4.46. The summed E-state index contributed by atoms with van der Waals surface area (Å²) in [5.41, 5.74) is 3.38. The Morgan fingerprint density at radius 2 is 1.64 bits per heavy atom. The van der Waals surface area contributed by atoms with E-state index < -0.39 is 10.0 Å². The van der Waals surface area contributed by atoms with Gasteiger partial charge < -0.3 is 10.1 Å². The van der Waals surface area contributed by atoms with Crippen LogP contribution in [-0.2, 0) is 21.2 Å². The molecular weight excluding hydrogens is 460 g/mol. The average Bonchev–Trinajstić information content (AvgIpc) is 2.79. The zero-order valence-corrected chi connectivity index (χ0v) is 20.2. The van der Waals surface area contributed by atoms with Gasteiger partial charge >= 0.3 is 0 Å². The highest BCUT2D eigenvalue weighted by Crippen LogP contribution is 2.28. The van der Waals surface area contributed by atoms with Crippen LogP contribution >= 0.6 is 11.6 Å². The van der Waals surface area contributed by atoms with E-state index in [1.807, 2.05) is 43.3 Å². The summed E-state index contributed by atoms with van der Waals surface area (Å²) in [6.45, 7) is 3.81. The van der Waals surface area contributed by atoms with Crippen LogP contribution in [0.4, 0.5) is 11.4 Å². The lowest BCUT2D eigenvalue weighted by atomic mass is 10.1. The maximum absolute atomic E-state index is 12.6. The number of nitrogens with one attached hydrogen (secondary N) is 2. The Bertz CT molecular complexity index is 1190. The number of rotatable bonds is 10. The average molecular weight is 487 g/mol. The summed E-state index contributed by atoms with van der Waals surface area (Å²) in [6.07, 6.45) is 3.27. The number of anilines is 2. The largest absolute Gasteiger partial charge is 0.482 e. The molecule has 0 saturated heterocycles. The number of ether oxygens (including phenoxy) is 1. The first kappa shape index (κ1) is 24.6. The molecule has 6 nitrogen and oxygen atoms in total. The molecule has 3 aromatic carbocycles. The molecule has 0 atom stereocenters. The minimum Gasteiger partial charge on any atom is -0.482 e. The number of carbonyl (C=O) groups excluding carboxylic acids is 1. The third kappa shape index (κ3) is 7.23. The van der Waals surface area contributed by atoms with E-state index in [2.05, 4.69) is 17.0 Å². The SMILES string of the molecule is CCCCc1ccc(NC(=O)COc2ccc(S(=O)(=O)Nc3ccc(C)cc3)cc2Cl)cc1. The van der Waals surface area contributed by atoms with Crippen LogP contribution in [0.1, 0.15) is 30.9 Å². The highest BCUT2D eigenvalue weighted by Gasteiger charge is 2.17. The van der Waals surface area contributed by atoms with Gasteiger partial charge in [0, 0.05) is 11.4 Å². The van der Waals surface area contributed by atoms with Crippen LogP contribution in [0.5, 0.6) is 5.75 Å². The molecule has 3 rings (SSSR count). The monoisotopic (exact) mass is 486 g/mol. The molecule has 33 heavy (non-hydrogen) atoms. The standard InChI is InChI=1S/C25H27ClN2O4S/c1-3-4-5-19-8-12-20(13-9-19)27-25(29)17-32-24-15-14-22(16-23(24)26)33(30,31)28-21-10-6-18(2)7-11-21/h6-16,28H,3-5,17H2,1-2H3,(H,27,29). The highest BCUT2D eigenvalue weighted by molar-refractivity contribution is 7.92. The lowest BCUT2D eigenvalue weighted by Crippen LogP contribution is -2.20. The summed E-state index contributed by atoms with van der Waals surface area (Å²) in [5.74, 6) is -0.124. The number of sulfonamides is 1. The zero-order valence-electron chi connectivity index (χ0n) is 18.6. The van der Waals surface area contributed by atoms with Crippen LogP contribution in [0.3, 0.4) is 0 Å². The van der Waals surface area contributed by atoms with E-state index in [1.165, 1.54) is 23.8 Å². The number of benzene rings is 3. The topological polar surface area (TPSA) is 84.5 Å². The van der Waals surface area contributed by atoms with Crippen molar-refractivity contribution in [3.05, 3.63) is 82.9 Å². The summed E-state index contributed by atoms with van der Waals surface area (Å²) in [7, 11) is -3.82. The molecule has 2 N–H and O–H groups in total. The molecule has 0 aliphatic rings. The van der Waals surface area contributed by atoms with Gasteiger partial charge in [-0.1, -0.05) is 54.8 Å². The van der Waals surface area contributed by atoms with Gasteiger partial charge in [0.1, 0.15) is 5.75 Å². The maximum Gasteiger partial charge on any atom is 0.262 e. The second-order valence-corrected chi connectivity index (χ2v) is 9.79. The molecule has 0 fully saturated rings. The molecule has 0 saturated carbocycles. The Hall–Kier alpha value is -3.03. The first-order valence-electron chi connectivity index (χ1n) is 10.7. The van der Waals surface area contributed by atoms with E-state index in [0.29, 0.717) is 11.4 Å². The van der Waals surface area contributed by atoms with Gasteiger partial charge in [-0.25, -0.2) is 8.42 Å². The van der Waals surface area contributed by atoms with E-state index in [4.69, 9.17) is 16.3 Å². The Morgan fingerprint density at radius 3 is 2.27 bits per heavy atom. The van der Waals surface area contributed by atoms with Crippen LogP contribution < -0.4 is 14.8 Å². The lowest BCUT2D eigenvalue weighted by molar-refractivity contribution is -0.118. The number of hydrogen-bond donors (Lipinski definition) is 2. The van der Waals surface area contributed by atoms with Crippen molar-refractivity contribution in [1.82, 2.24) is 0 Å². The van der Waals surface area contributed by atoms with Crippen LogP contribution in [0, 0.1) is 6.92 Å². The summed E-state index contributed by atoms with van der Waals surface area (Å²) < 4.78 is 33.3. The molecule has 0 aromatic heterocycles. The van der Waals surface area contributed by atoms with Crippen LogP contribution in [0.15, 0.2) is 71.6 Å². The van der Waals surface area contributed by atoms with Crippen molar-refractivity contribution in [3.8, 4) is 5.75 Å². The molecule has 0 spiro atoms. The summed E-state index contributed by atoms with van der Waals surface area (Å²) in [5, 5.41) is 2.86. The van der Waals surface area contributed by atoms with Crippen molar-refractivity contribution < 1.29 is 17.9 Å². The first-order chi connectivity index (χ1) is 15.8. The van der Waals surface area contributed by atoms with Crippen molar-refractivity contribution in [2.24, 2.45) is 0 Å². The van der Waals surface area contributed by atoms with Crippen molar-refractivity contribution >= 4 is 38.9 Å². The first-order valence-corrected chi connectivity index (χ1v) is 12.5. The third-order valence-electron chi connectivity index (χ3n) is 4.93. The molecular formula is C25H27ClN2O4S. The fourth-order valence-electron chi connectivity index (χ4n) is 3.08. The quantitative estimate of drug-likeness (QED) is 0.378. The Labute approximate surface area is 200 Å². The van der Waals surface area contributed by atoms with E-state index in [1.54, 1.807) is 12.1 Å². The fraction of sp³-hybridized carbons (Fsp3) is 0.240. The van der Waals surface area contributed by atoms with E-state index in [-0.39, 0.29) is 28.2 Å². The number of amides is 1. The van der Waals surface area contributed by atoms with Crippen molar-refractivity contribution in [2.75, 3.05) is 16.6 Å². The van der Waals surface area contributed by atoms with E-state index in [0.717, 1.165) is 24.8 Å². The van der Waals surface area contributed by atoms with Crippen LogP contribution in [0.2, 0.25) is 5.02 Å². The van der Waals surface area contributed by atoms with Gasteiger partial charge in [-0.3, -0.25) is 9.52 Å². The van der Waals surface area contributed by atoms with E-state index in [9.17, 15) is 13.2 Å². The number of hydrogen-bond acceptors (Lipinski definition) is 4. The van der Waals surface area contributed by atoms with Crippen LogP contribution in [0.25, 0.3) is 0 Å². The molecule has 174 valence electrons. The second-order valence-electron chi connectivity index (χ2n) is 7.70. The minimum atomic E-state index is -3.82. The van der Waals surface area contributed by atoms with Crippen molar-refractivity contribution in [3.63, 3.8) is 0 Å². The molecule has 0 aliphatic carbocycles. The summed E-state index contributed by atoms with van der Waals surface area (Å²) in [4.78, 5) is 12.2. The zero-order chi connectivity index (χ0) is 23.8.